The van der Waals surface area contributed by atoms with Gasteiger partial charge in [0.1, 0.15) is 12.4 Å². The second-order valence-corrected chi connectivity index (χ2v) is 17.8. The third-order valence-electron chi connectivity index (χ3n) is 10.00. The highest BCUT2D eigenvalue weighted by molar-refractivity contribution is 7.86. The molecule has 1 N–H and O–H groups in total. The Morgan fingerprint density at radius 2 is 1.26 bits per heavy atom. The molecular weight excluding hydrogens is 887 g/mol. The maximum atomic E-state index is 13.3. The van der Waals surface area contributed by atoms with Crippen LogP contribution in [0.4, 0.5) is 5.13 Å². The largest absolute Gasteiger partial charge is 0.491 e. The van der Waals surface area contributed by atoms with E-state index in [2.05, 4.69) is 5.32 Å². The summed E-state index contributed by atoms with van der Waals surface area (Å²) in [6.07, 6.45) is 1.95. The van der Waals surface area contributed by atoms with Crippen LogP contribution < -0.4 is 10.1 Å². The number of carbonyl (C=O) groups excluding carboxylic acids is 2. The second-order valence-electron chi connectivity index (χ2n) is 15.0. The zero-order valence-electron chi connectivity index (χ0n) is 37.5. The Kier molecular flexibility index (Phi) is 19.8. The number of amides is 1. The van der Waals surface area contributed by atoms with Gasteiger partial charge in [-0.15, -0.1) is 11.3 Å². The third kappa shape index (κ3) is 15.6. The van der Waals surface area contributed by atoms with Gasteiger partial charge >= 0.3 is 0 Å². The predicted molar refractivity (Wildman–Crippen MR) is 252 cm³/mol. The van der Waals surface area contributed by atoms with Crippen molar-refractivity contribution in [3.05, 3.63) is 130 Å². The number of carbonyl (C=O) groups is 2. The lowest BCUT2D eigenvalue weighted by Gasteiger charge is -2.10. The van der Waals surface area contributed by atoms with Gasteiger partial charge in [0.15, 0.2) is 5.13 Å². The van der Waals surface area contributed by atoms with Gasteiger partial charge in [-0.25, -0.2) is 4.98 Å². The standard InChI is InChI=1S/C49H57N3O12S2/c1-36-11-14-43(15-12-36)66(55,56)64-32-30-62-28-26-60-24-22-58-20-19-57-21-23-59-25-27-61-29-31-63-42-9-6-8-39(33-42)34-46(53)50-49-51-47(38(3)65-49)41-13-16-45-40(35-41)17-18-52(45)48(54)44-10-5-4-7-37(44)2/h4-18,33,35H,19-32,34H2,1-3H3,(H,50,51,53). The molecule has 2 heterocycles. The summed E-state index contributed by atoms with van der Waals surface area (Å²) in [5.74, 6) is 0.384. The molecule has 0 unspecified atom stereocenters. The molecule has 0 bridgehead atoms. The first kappa shape index (κ1) is 50.1. The number of anilines is 1. The lowest BCUT2D eigenvalue weighted by molar-refractivity contribution is -0.115. The number of aromatic nitrogens is 2. The highest BCUT2D eigenvalue weighted by atomic mass is 32.2. The quantitative estimate of drug-likeness (QED) is 0.0364. The van der Waals surface area contributed by atoms with E-state index in [4.69, 9.17) is 42.3 Å². The van der Waals surface area contributed by atoms with E-state index in [9.17, 15) is 18.0 Å². The lowest BCUT2D eigenvalue weighted by atomic mass is 10.1. The van der Waals surface area contributed by atoms with E-state index in [1.807, 2.05) is 93.6 Å². The van der Waals surface area contributed by atoms with Crippen molar-refractivity contribution in [2.75, 3.05) is 97.8 Å². The number of aryl methyl sites for hydroxylation is 3. The summed E-state index contributed by atoms with van der Waals surface area (Å²) < 4.78 is 69.8. The van der Waals surface area contributed by atoms with Crippen LogP contribution in [0.5, 0.6) is 5.75 Å². The molecule has 0 aliphatic carbocycles. The number of benzene rings is 4. The average Bonchev–Trinajstić information content (AvgIpc) is 3.90. The summed E-state index contributed by atoms with van der Waals surface area (Å²) in [5, 5.41) is 4.39. The molecular formula is C49H57N3O12S2. The number of thiazole rings is 1. The number of nitrogens with zero attached hydrogens (tertiary/aromatic N) is 2. The fraction of sp³-hybridized carbons (Fsp3) is 0.367. The Balaban J connectivity index is 0.752. The Bertz CT molecular complexity index is 2580. The summed E-state index contributed by atoms with van der Waals surface area (Å²) in [5.41, 5.74) is 5.86. The molecule has 6 rings (SSSR count). The first-order valence-corrected chi connectivity index (χ1v) is 23.9. The van der Waals surface area contributed by atoms with Crippen molar-refractivity contribution in [1.82, 2.24) is 9.55 Å². The minimum atomic E-state index is -3.80. The molecule has 352 valence electrons. The SMILES string of the molecule is Cc1ccc(S(=O)(=O)OCCOCCOCCOCCOCCOCCOCCOc2cccc(CC(=O)Nc3nc(-c4ccc5c(ccn5C(=O)c5ccccc5C)c4)c(C)s3)c2)cc1. The lowest BCUT2D eigenvalue weighted by Crippen LogP contribution is -2.15. The first-order valence-electron chi connectivity index (χ1n) is 21.7. The Hall–Kier alpha value is -5.34. The Morgan fingerprint density at radius 3 is 1.89 bits per heavy atom. The minimum absolute atomic E-state index is 0.0739. The second kappa shape index (κ2) is 26.1. The fourth-order valence-electron chi connectivity index (χ4n) is 6.62. The molecule has 0 atom stereocenters. The average molecular weight is 944 g/mol. The van der Waals surface area contributed by atoms with Gasteiger partial charge < -0.3 is 38.5 Å². The van der Waals surface area contributed by atoms with Crippen molar-refractivity contribution in [1.29, 1.82) is 0 Å². The van der Waals surface area contributed by atoms with Gasteiger partial charge in [-0.3, -0.25) is 18.3 Å². The number of nitrogens with one attached hydrogen (secondary N) is 1. The zero-order valence-corrected chi connectivity index (χ0v) is 39.2. The number of hydrogen-bond acceptors (Lipinski definition) is 14. The van der Waals surface area contributed by atoms with Crippen LogP contribution in [0.2, 0.25) is 0 Å². The van der Waals surface area contributed by atoms with Crippen molar-refractivity contribution in [3.8, 4) is 17.0 Å². The van der Waals surface area contributed by atoms with E-state index in [0.717, 1.165) is 43.7 Å². The summed E-state index contributed by atoms with van der Waals surface area (Å²) in [6, 6.07) is 29.3. The maximum absolute atomic E-state index is 13.3. The molecule has 0 aliphatic heterocycles. The van der Waals surface area contributed by atoms with Crippen LogP contribution in [0, 0.1) is 20.8 Å². The zero-order chi connectivity index (χ0) is 46.6. The van der Waals surface area contributed by atoms with E-state index in [-0.39, 0.29) is 36.3 Å². The van der Waals surface area contributed by atoms with Crippen molar-refractivity contribution >= 4 is 49.3 Å². The van der Waals surface area contributed by atoms with Gasteiger partial charge in [0.05, 0.1) is 108 Å². The smallest absolute Gasteiger partial charge is 0.297 e. The van der Waals surface area contributed by atoms with Gasteiger partial charge in [0.25, 0.3) is 16.0 Å². The molecule has 17 heteroatoms. The number of ether oxygens (including phenoxy) is 7. The number of fused-ring (bicyclic) bond motifs is 1. The van der Waals surface area contributed by atoms with Crippen LogP contribution in [-0.4, -0.2) is 122 Å². The Morgan fingerprint density at radius 1 is 0.652 bits per heavy atom. The molecule has 66 heavy (non-hydrogen) atoms. The fourth-order valence-corrected chi connectivity index (χ4v) is 8.36. The molecule has 2 aromatic heterocycles. The Labute approximate surface area is 390 Å². The normalized spacial score (nSPS) is 11.6. The van der Waals surface area contributed by atoms with E-state index in [1.165, 1.54) is 23.5 Å². The summed E-state index contributed by atoms with van der Waals surface area (Å²) in [6.45, 7) is 10.6. The first-order chi connectivity index (χ1) is 32.1. The molecule has 0 aliphatic rings. The van der Waals surface area contributed by atoms with Gasteiger partial charge in [-0.2, -0.15) is 8.42 Å². The molecule has 0 fully saturated rings. The van der Waals surface area contributed by atoms with Crippen LogP contribution in [0.15, 0.2) is 108 Å². The molecule has 0 saturated carbocycles. The molecule has 0 saturated heterocycles. The van der Waals surface area contributed by atoms with Crippen LogP contribution in [0.25, 0.3) is 22.2 Å². The van der Waals surface area contributed by atoms with Gasteiger partial charge in [0.2, 0.25) is 5.91 Å². The topological polar surface area (TPSA) is 172 Å². The molecule has 15 nitrogen and oxygen atoms in total. The van der Waals surface area contributed by atoms with E-state index < -0.39 is 10.1 Å². The third-order valence-corrected chi connectivity index (χ3v) is 12.2. The molecule has 0 spiro atoms. The van der Waals surface area contributed by atoms with Gasteiger partial charge in [0, 0.05) is 27.6 Å². The highest BCUT2D eigenvalue weighted by Crippen LogP contribution is 2.33. The minimum Gasteiger partial charge on any atom is -0.491 e. The van der Waals surface area contributed by atoms with Crippen molar-refractivity contribution in [2.24, 2.45) is 0 Å². The van der Waals surface area contributed by atoms with E-state index in [1.54, 1.807) is 22.9 Å². The van der Waals surface area contributed by atoms with Crippen molar-refractivity contribution in [2.45, 2.75) is 32.1 Å². The summed E-state index contributed by atoms with van der Waals surface area (Å²) in [7, 11) is -3.80. The van der Waals surface area contributed by atoms with Gasteiger partial charge in [-0.05, 0) is 80.4 Å². The van der Waals surface area contributed by atoms with Crippen LogP contribution in [0.1, 0.15) is 31.9 Å². The number of hydrogen-bond donors (Lipinski definition) is 1. The monoisotopic (exact) mass is 943 g/mol. The number of rotatable bonds is 29. The summed E-state index contributed by atoms with van der Waals surface area (Å²) >= 11 is 1.42. The van der Waals surface area contributed by atoms with Crippen LogP contribution in [0.3, 0.4) is 0 Å². The van der Waals surface area contributed by atoms with E-state index in [0.29, 0.717) is 95.7 Å². The summed E-state index contributed by atoms with van der Waals surface area (Å²) in [4.78, 5) is 32.2. The van der Waals surface area contributed by atoms with Crippen molar-refractivity contribution in [3.63, 3.8) is 0 Å². The van der Waals surface area contributed by atoms with Crippen LogP contribution in [-0.2, 0) is 53.9 Å². The molecule has 1 amide bonds. The van der Waals surface area contributed by atoms with E-state index >= 15 is 0 Å². The van der Waals surface area contributed by atoms with Crippen LogP contribution >= 0.6 is 11.3 Å². The molecule has 4 aromatic carbocycles. The molecule has 0 radical (unpaired) electrons. The molecule has 6 aromatic rings. The predicted octanol–water partition coefficient (Wildman–Crippen LogP) is 7.44. The van der Waals surface area contributed by atoms with Crippen molar-refractivity contribution < 1.29 is 55.3 Å². The van der Waals surface area contributed by atoms with Gasteiger partial charge in [-0.1, -0.05) is 54.1 Å². The highest BCUT2D eigenvalue weighted by Gasteiger charge is 2.18. The maximum Gasteiger partial charge on any atom is 0.297 e.